The molecule has 3 aromatic rings. The summed E-state index contributed by atoms with van der Waals surface area (Å²) in [6.07, 6.45) is 3.65. The quantitative estimate of drug-likeness (QED) is 0.418. The second-order valence-electron chi connectivity index (χ2n) is 5.37. The van der Waals surface area contributed by atoms with Gasteiger partial charge < -0.3 is 10.3 Å². The summed E-state index contributed by atoms with van der Waals surface area (Å²) in [7, 11) is 0. The number of thioether (sulfide) groups is 1. The molecule has 1 aromatic carbocycles. The first-order valence-electron chi connectivity index (χ1n) is 7.63. The van der Waals surface area contributed by atoms with Gasteiger partial charge in [-0.05, 0) is 24.6 Å². The number of nitrogens with two attached hydrogens (primary N) is 1. The molecule has 0 atom stereocenters. The van der Waals surface area contributed by atoms with Crippen LogP contribution in [0.2, 0.25) is 0 Å². The predicted molar refractivity (Wildman–Crippen MR) is 90.8 cm³/mol. The van der Waals surface area contributed by atoms with E-state index in [0.29, 0.717) is 16.3 Å². The molecule has 5 nitrogen and oxygen atoms in total. The molecule has 0 fully saturated rings. The van der Waals surface area contributed by atoms with Gasteiger partial charge in [0.1, 0.15) is 17.2 Å². The Kier molecular flexibility index (Phi) is 4.94. The van der Waals surface area contributed by atoms with Crippen molar-refractivity contribution in [3.63, 3.8) is 0 Å². The number of nitrogen functional groups attached to an aromatic ring is 1. The van der Waals surface area contributed by atoms with Gasteiger partial charge >= 0.3 is 0 Å². The SMILES string of the molecule is CCCCSc1nc(N)c2ncn(Cc3cc(F)ccc3F)c2n1. The number of imidazole rings is 1. The maximum absolute atomic E-state index is 13.9. The molecule has 0 amide bonds. The lowest BCUT2D eigenvalue weighted by molar-refractivity contribution is 0.578. The molecule has 0 saturated carbocycles. The van der Waals surface area contributed by atoms with E-state index in [0.717, 1.165) is 30.7 Å². The van der Waals surface area contributed by atoms with E-state index in [-0.39, 0.29) is 17.9 Å². The minimum atomic E-state index is -0.485. The molecule has 0 aliphatic rings. The number of halogens is 2. The van der Waals surface area contributed by atoms with Crippen molar-refractivity contribution < 1.29 is 8.78 Å². The van der Waals surface area contributed by atoms with Crippen LogP contribution in [-0.2, 0) is 6.54 Å². The molecule has 0 spiro atoms. The van der Waals surface area contributed by atoms with Gasteiger partial charge in [-0.3, -0.25) is 0 Å². The second kappa shape index (κ2) is 7.12. The largest absolute Gasteiger partial charge is 0.382 e. The van der Waals surface area contributed by atoms with Crippen molar-refractivity contribution in [2.24, 2.45) is 0 Å². The highest BCUT2D eigenvalue weighted by Crippen LogP contribution is 2.23. The third-order valence-electron chi connectivity index (χ3n) is 3.55. The van der Waals surface area contributed by atoms with Crippen LogP contribution >= 0.6 is 11.8 Å². The number of hydrogen-bond acceptors (Lipinski definition) is 5. The number of nitrogens with zero attached hydrogens (tertiary/aromatic N) is 4. The van der Waals surface area contributed by atoms with Gasteiger partial charge in [-0.1, -0.05) is 25.1 Å². The zero-order valence-corrected chi connectivity index (χ0v) is 14.0. The molecule has 3 rings (SSSR count). The van der Waals surface area contributed by atoms with Gasteiger partial charge in [0, 0.05) is 11.3 Å². The first-order valence-corrected chi connectivity index (χ1v) is 8.62. The van der Waals surface area contributed by atoms with Crippen LogP contribution in [0.15, 0.2) is 29.7 Å². The van der Waals surface area contributed by atoms with Crippen LogP contribution in [-0.4, -0.2) is 25.3 Å². The van der Waals surface area contributed by atoms with Gasteiger partial charge in [0.15, 0.2) is 16.6 Å². The zero-order chi connectivity index (χ0) is 17.1. The van der Waals surface area contributed by atoms with E-state index in [2.05, 4.69) is 21.9 Å². The standard InChI is InChI=1S/C16H17F2N5S/c1-2-3-6-24-16-21-14(19)13-15(22-16)23(9-20-13)8-10-7-11(17)4-5-12(10)18/h4-5,7,9H,2-3,6,8H2,1H3,(H2,19,21,22). The Morgan fingerprint density at radius 3 is 2.88 bits per heavy atom. The molecule has 0 aliphatic heterocycles. The van der Waals surface area contributed by atoms with E-state index < -0.39 is 11.6 Å². The summed E-state index contributed by atoms with van der Waals surface area (Å²) < 4.78 is 28.9. The van der Waals surface area contributed by atoms with Crippen molar-refractivity contribution in [3.8, 4) is 0 Å². The highest BCUT2D eigenvalue weighted by atomic mass is 32.2. The molecule has 8 heteroatoms. The second-order valence-corrected chi connectivity index (χ2v) is 6.44. The molecular formula is C16H17F2N5S. The lowest BCUT2D eigenvalue weighted by Gasteiger charge is -2.07. The number of hydrogen-bond donors (Lipinski definition) is 1. The van der Waals surface area contributed by atoms with E-state index >= 15 is 0 Å². The Bertz CT molecular complexity index is 865. The normalized spacial score (nSPS) is 11.3. The van der Waals surface area contributed by atoms with Crippen molar-refractivity contribution in [1.82, 2.24) is 19.5 Å². The molecule has 0 unspecified atom stereocenters. The lowest BCUT2D eigenvalue weighted by Crippen LogP contribution is -2.04. The Morgan fingerprint density at radius 2 is 2.08 bits per heavy atom. The Labute approximate surface area is 142 Å². The summed E-state index contributed by atoms with van der Waals surface area (Å²) >= 11 is 1.52. The lowest BCUT2D eigenvalue weighted by atomic mass is 10.2. The fourth-order valence-electron chi connectivity index (χ4n) is 2.28. The molecule has 0 saturated heterocycles. The van der Waals surface area contributed by atoms with Crippen LogP contribution in [0.25, 0.3) is 11.2 Å². The third kappa shape index (κ3) is 3.48. The van der Waals surface area contributed by atoms with Crippen molar-refractivity contribution >= 4 is 28.7 Å². The number of rotatable bonds is 6. The predicted octanol–water partition coefficient (Wildman–Crippen LogP) is 3.63. The number of unbranched alkanes of at least 4 members (excludes halogenated alkanes) is 1. The highest BCUT2D eigenvalue weighted by Gasteiger charge is 2.13. The molecule has 24 heavy (non-hydrogen) atoms. The monoisotopic (exact) mass is 349 g/mol. The highest BCUT2D eigenvalue weighted by molar-refractivity contribution is 7.99. The summed E-state index contributed by atoms with van der Waals surface area (Å²) in [6, 6.07) is 3.37. The van der Waals surface area contributed by atoms with Crippen LogP contribution in [0.4, 0.5) is 14.6 Å². The number of anilines is 1. The zero-order valence-electron chi connectivity index (χ0n) is 13.2. The van der Waals surface area contributed by atoms with Gasteiger partial charge in [-0.25, -0.2) is 23.7 Å². The van der Waals surface area contributed by atoms with Crippen molar-refractivity contribution in [2.45, 2.75) is 31.5 Å². The van der Waals surface area contributed by atoms with Crippen molar-refractivity contribution in [3.05, 3.63) is 41.7 Å². The first kappa shape index (κ1) is 16.6. The minimum Gasteiger partial charge on any atom is -0.382 e. The fraction of sp³-hybridized carbons (Fsp3) is 0.312. The van der Waals surface area contributed by atoms with Crippen LogP contribution in [0.5, 0.6) is 0 Å². The smallest absolute Gasteiger partial charge is 0.191 e. The average molecular weight is 349 g/mol. The first-order chi connectivity index (χ1) is 11.6. The van der Waals surface area contributed by atoms with Gasteiger partial charge in [-0.2, -0.15) is 0 Å². The molecule has 2 aromatic heterocycles. The van der Waals surface area contributed by atoms with Crippen LogP contribution in [0.1, 0.15) is 25.3 Å². The maximum Gasteiger partial charge on any atom is 0.191 e. The fourth-order valence-corrected chi connectivity index (χ4v) is 3.21. The minimum absolute atomic E-state index is 0.121. The van der Waals surface area contributed by atoms with E-state index in [1.807, 2.05) is 0 Å². The van der Waals surface area contributed by atoms with E-state index in [4.69, 9.17) is 5.73 Å². The molecule has 2 heterocycles. The Balaban J connectivity index is 1.94. The molecule has 0 radical (unpaired) electrons. The van der Waals surface area contributed by atoms with Gasteiger partial charge in [0.2, 0.25) is 0 Å². The number of benzene rings is 1. The topological polar surface area (TPSA) is 69.6 Å². The van der Waals surface area contributed by atoms with Crippen LogP contribution in [0, 0.1) is 11.6 Å². The van der Waals surface area contributed by atoms with Gasteiger partial charge in [0.05, 0.1) is 12.9 Å². The summed E-state index contributed by atoms with van der Waals surface area (Å²) in [5.74, 6) is 0.227. The summed E-state index contributed by atoms with van der Waals surface area (Å²) in [6.45, 7) is 2.23. The summed E-state index contributed by atoms with van der Waals surface area (Å²) in [5.41, 5.74) is 7.16. The molecule has 2 N–H and O–H groups in total. The average Bonchev–Trinajstić information content (AvgIpc) is 2.95. The van der Waals surface area contributed by atoms with Crippen molar-refractivity contribution in [2.75, 3.05) is 11.5 Å². The molecule has 0 bridgehead atoms. The van der Waals surface area contributed by atoms with Crippen molar-refractivity contribution in [1.29, 1.82) is 0 Å². The third-order valence-corrected chi connectivity index (χ3v) is 4.48. The number of fused-ring (bicyclic) bond motifs is 1. The molecule has 126 valence electrons. The number of aromatic nitrogens is 4. The Hall–Kier alpha value is -2.22. The molecular weight excluding hydrogens is 332 g/mol. The Morgan fingerprint density at radius 1 is 1.25 bits per heavy atom. The molecule has 0 aliphatic carbocycles. The van der Waals surface area contributed by atoms with Crippen LogP contribution in [0.3, 0.4) is 0 Å². The van der Waals surface area contributed by atoms with Gasteiger partial charge in [-0.15, -0.1) is 0 Å². The summed E-state index contributed by atoms with van der Waals surface area (Å²) in [4.78, 5) is 12.9. The maximum atomic E-state index is 13.9. The van der Waals surface area contributed by atoms with E-state index in [9.17, 15) is 8.78 Å². The summed E-state index contributed by atoms with van der Waals surface area (Å²) in [5, 5.41) is 0.565. The van der Waals surface area contributed by atoms with Crippen LogP contribution < -0.4 is 5.73 Å². The van der Waals surface area contributed by atoms with E-state index in [1.54, 1.807) is 4.57 Å². The van der Waals surface area contributed by atoms with Gasteiger partial charge in [0.25, 0.3) is 0 Å². The van der Waals surface area contributed by atoms with E-state index in [1.165, 1.54) is 24.2 Å².